The number of halogens is 3. The second-order valence-corrected chi connectivity index (χ2v) is 13.4. The highest BCUT2D eigenvalue weighted by Crippen LogP contribution is 2.50. The summed E-state index contributed by atoms with van der Waals surface area (Å²) < 4.78 is 69.9. The van der Waals surface area contributed by atoms with Gasteiger partial charge in [0.15, 0.2) is 18.8 Å². The molecule has 1 aromatic carbocycles. The van der Waals surface area contributed by atoms with Gasteiger partial charge in [0.1, 0.15) is 24.2 Å². The minimum absolute atomic E-state index is 0.0160. The van der Waals surface area contributed by atoms with Crippen LogP contribution in [0.4, 0.5) is 19.0 Å². The van der Waals surface area contributed by atoms with E-state index in [1.165, 1.54) is 36.9 Å². The zero-order valence-corrected chi connectivity index (χ0v) is 24.8. The number of nitrogens with one attached hydrogen (secondary N) is 1. The molecule has 3 aromatic rings. The van der Waals surface area contributed by atoms with E-state index in [1.54, 1.807) is 25.3 Å². The van der Waals surface area contributed by atoms with Crippen molar-refractivity contribution in [2.45, 2.75) is 65.4 Å². The fourth-order valence-electron chi connectivity index (χ4n) is 4.05. The summed E-state index contributed by atoms with van der Waals surface area (Å²) in [6.45, 7) is 7.10. The summed E-state index contributed by atoms with van der Waals surface area (Å²) in [4.78, 5) is 24.8. The molecule has 2 aromatic heterocycles. The molecule has 0 aliphatic rings. The molecule has 0 aliphatic heterocycles. The van der Waals surface area contributed by atoms with Gasteiger partial charge in [0.05, 0.1) is 42.6 Å². The van der Waals surface area contributed by atoms with Gasteiger partial charge in [-0.2, -0.15) is 18.4 Å². The topological polar surface area (TPSA) is 158 Å². The second kappa shape index (κ2) is 13.6. The number of nitrogens with zero attached hydrogens (tertiary/aromatic N) is 5. The zero-order valence-electron chi connectivity index (χ0n) is 23.9. The summed E-state index contributed by atoms with van der Waals surface area (Å²) >= 11 is 0. The molecule has 42 heavy (non-hydrogen) atoms. The summed E-state index contributed by atoms with van der Waals surface area (Å²) in [6.07, 6.45) is -2.88. The number of aromatic nitrogens is 4. The predicted molar refractivity (Wildman–Crippen MR) is 150 cm³/mol. The number of hydrogen-bond acceptors (Lipinski definition) is 9. The van der Waals surface area contributed by atoms with Gasteiger partial charge in [0.2, 0.25) is 0 Å². The largest absolute Gasteiger partial charge is 0.465 e. The van der Waals surface area contributed by atoms with Crippen molar-refractivity contribution in [3.05, 3.63) is 48.0 Å². The number of carbonyl (C=O) groups excluding carboxylic acids is 1. The Morgan fingerprint density at radius 3 is 2.52 bits per heavy atom. The third-order valence-electron chi connectivity index (χ3n) is 6.60. The van der Waals surface area contributed by atoms with Crippen LogP contribution in [0.1, 0.15) is 57.7 Å². The van der Waals surface area contributed by atoms with Crippen molar-refractivity contribution in [3.8, 4) is 6.07 Å². The molecule has 0 aliphatic carbocycles. The normalized spacial score (nSPS) is 15.1. The number of alkyl halides is 3. The first-order chi connectivity index (χ1) is 19.7. The van der Waals surface area contributed by atoms with Gasteiger partial charge in [0.25, 0.3) is 0 Å². The quantitative estimate of drug-likeness (QED) is 0.184. The van der Waals surface area contributed by atoms with E-state index in [0.29, 0.717) is 17.6 Å². The van der Waals surface area contributed by atoms with E-state index in [2.05, 4.69) is 20.0 Å². The number of hydrogen-bond donors (Lipinski definition) is 2. The van der Waals surface area contributed by atoms with Crippen LogP contribution < -0.4 is 10.8 Å². The van der Waals surface area contributed by atoms with Gasteiger partial charge < -0.3 is 24.3 Å². The number of esters is 1. The Morgan fingerprint density at radius 2 is 1.90 bits per heavy atom. The van der Waals surface area contributed by atoms with Crippen molar-refractivity contribution in [2.75, 3.05) is 24.9 Å². The Hall–Kier alpha value is -3.53. The first-order valence-corrected chi connectivity index (χ1v) is 15.4. The maximum Gasteiger partial charge on any atom is 0.408 e. The smallest absolute Gasteiger partial charge is 0.408 e. The van der Waals surface area contributed by atoms with Gasteiger partial charge >= 0.3 is 12.1 Å². The number of carbonyl (C=O) groups is 1. The Balaban J connectivity index is 1.84. The Bertz CT molecular complexity index is 1450. The van der Waals surface area contributed by atoms with Crippen LogP contribution in [0.5, 0.6) is 0 Å². The van der Waals surface area contributed by atoms with Crippen molar-refractivity contribution in [1.29, 1.82) is 5.26 Å². The molecule has 0 amide bonds. The van der Waals surface area contributed by atoms with Gasteiger partial charge in [0, 0.05) is 6.16 Å². The molecule has 0 fully saturated rings. The minimum Gasteiger partial charge on any atom is -0.465 e. The molecule has 0 radical (unpaired) electrons. The van der Waals surface area contributed by atoms with Crippen LogP contribution in [0.15, 0.2) is 36.9 Å². The maximum atomic E-state index is 14.3. The number of nitriles is 1. The molecule has 228 valence electrons. The maximum absolute atomic E-state index is 14.3. The van der Waals surface area contributed by atoms with Crippen molar-refractivity contribution in [1.82, 2.24) is 24.6 Å². The molecule has 3 rings (SSSR count). The van der Waals surface area contributed by atoms with Crippen molar-refractivity contribution in [3.63, 3.8) is 0 Å². The van der Waals surface area contributed by atoms with E-state index < -0.39 is 43.3 Å². The number of imidazole rings is 1. The van der Waals surface area contributed by atoms with Gasteiger partial charge in [-0.3, -0.25) is 4.79 Å². The molecule has 0 saturated heterocycles. The molecule has 1 unspecified atom stereocenters. The minimum atomic E-state index is -4.82. The molecule has 3 N–H and O–H groups in total. The van der Waals surface area contributed by atoms with Crippen LogP contribution >= 0.6 is 7.29 Å². The van der Waals surface area contributed by atoms with Crippen LogP contribution in [-0.4, -0.2) is 56.9 Å². The number of benzene rings is 1. The highest BCUT2D eigenvalue weighted by Gasteiger charge is 2.45. The summed E-state index contributed by atoms with van der Waals surface area (Å²) in [7, 11) is -3.95. The van der Waals surface area contributed by atoms with Gasteiger partial charge in [-0.25, -0.2) is 20.0 Å². The lowest BCUT2D eigenvalue weighted by atomic mass is 9.90. The lowest BCUT2D eigenvalue weighted by Gasteiger charge is -2.31. The van der Waals surface area contributed by atoms with Gasteiger partial charge in [-0.05, 0) is 51.3 Å². The van der Waals surface area contributed by atoms with E-state index in [4.69, 9.17) is 20.5 Å². The number of nitrogen functional groups attached to an aromatic ring is 1. The summed E-state index contributed by atoms with van der Waals surface area (Å²) in [6, 6.07) is 4.42. The van der Waals surface area contributed by atoms with Crippen molar-refractivity contribution in [2.24, 2.45) is 5.41 Å². The summed E-state index contributed by atoms with van der Waals surface area (Å²) in [5.74, 6) is -0.333. The standard InChI is InChI=1S/C27H35F3N7O4P/c1-5-11-40-25(38)26(3,4)10-12-42(39,36-22(27(28,29)30)20-8-6-19(13-31)7-9-20)17-41-18(2)14-37-16-35-21-23(32)33-15-34-24(21)37/h6-9,15-16,18,22H,5,10-12,14,17H2,1-4H3,(H,36,39)(H2,32,33,34)/t18-,22+,42?/m1/s1. The fraction of sp³-hybridized carbons (Fsp3) is 0.519. The summed E-state index contributed by atoms with van der Waals surface area (Å²) in [5.41, 5.74) is 5.55. The number of fused-ring (bicyclic) bond motifs is 1. The molecular formula is C27H35F3N7O4P. The highest BCUT2D eigenvalue weighted by atomic mass is 31.2. The SMILES string of the molecule is CCCOC(=O)C(C)(C)CCP(=O)(CO[C@H](C)Cn1cnc2c(N)ncnc21)N[C@@H](c1ccc(C#N)cc1)C(F)(F)F. The second-order valence-electron chi connectivity index (χ2n) is 10.7. The lowest BCUT2D eigenvalue weighted by molar-refractivity contribution is -0.155. The van der Waals surface area contributed by atoms with E-state index >= 15 is 0 Å². The van der Waals surface area contributed by atoms with E-state index in [-0.39, 0.29) is 42.7 Å². The monoisotopic (exact) mass is 609 g/mol. The summed E-state index contributed by atoms with van der Waals surface area (Å²) in [5, 5.41) is 11.4. The van der Waals surface area contributed by atoms with Crippen LogP contribution in [0, 0.1) is 16.7 Å². The number of rotatable bonds is 14. The van der Waals surface area contributed by atoms with Crippen LogP contribution in [0.25, 0.3) is 11.2 Å². The van der Waals surface area contributed by atoms with Crippen molar-refractivity contribution >= 4 is 30.2 Å². The van der Waals surface area contributed by atoms with Crippen molar-refractivity contribution < 1.29 is 32.0 Å². The first kappa shape index (κ1) is 33.0. The molecule has 0 saturated carbocycles. The highest BCUT2D eigenvalue weighted by molar-refractivity contribution is 7.61. The average Bonchev–Trinajstić information content (AvgIpc) is 3.36. The Labute approximate surface area is 242 Å². The lowest BCUT2D eigenvalue weighted by Crippen LogP contribution is -2.35. The number of anilines is 1. The molecule has 3 atom stereocenters. The molecule has 2 heterocycles. The van der Waals surface area contributed by atoms with Crippen LogP contribution in [0.2, 0.25) is 0 Å². The third kappa shape index (κ3) is 8.50. The molecule has 11 nitrogen and oxygen atoms in total. The van der Waals surface area contributed by atoms with Gasteiger partial charge in [-0.15, -0.1) is 0 Å². The Kier molecular flexibility index (Phi) is 10.7. The molecule has 15 heteroatoms. The van der Waals surface area contributed by atoms with E-state index in [9.17, 15) is 22.5 Å². The first-order valence-electron chi connectivity index (χ1n) is 13.3. The van der Waals surface area contributed by atoms with Crippen LogP contribution in [-0.2, 0) is 25.4 Å². The van der Waals surface area contributed by atoms with Crippen LogP contribution in [0.3, 0.4) is 0 Å². The molecular weight excluding hydrogens is 574 g/mol. The third-order valence-corrected chi connectivity index (χ3v) is 8.84. The number of nitrogens with two attached hydrogens (primary N) is 1. The predicted octanol–water partition coefficient (Wildman–Crippen LogP) is 5.18. The molecule has 0 bridgehead atoms. The molecule has 0 spiro atoms. The van der Waals surface area contributed by atoms with Gasteiger partial charge in [-0.1, -0.05) is 19.1 Å². The number of ether oxygens (including phenoxy) is 2. The van der Waals surface area contributed by atoms with E-state index in [0.717, 1.165) is 0 Å². The van der Waals surface area contributed by atoms with E-state index in [1.807, 2.05) is 13.0 Å². The zero-order chi connectivity index (χ0) is 31.1. The fourth-order valence-corrected chi connectivity index (χ4v) is 6.56. The Morgan fingerprint density at radius 1 is 1.21 bits per heavy atom. The average molecular weight is 610 g/mol.